The zero-order chi connectivity index (χ0) is 14.8. The molecule has 1 aromatic carbocycles. The molecule has 0 unspecified atom stereocenters. The topological polar surface area (TPSA) is 41.6 Å². The van der Waals surface area contributed by atoms with Gasteiger partial charge in [0.1, 0.15) is 5.75 Å². The normalized spacial score (nSPS) is 23.1. The highest BCUT2D eigenvalue weighted by atomic mass is 35.5. The van der Waals surface area contributed by atoms with Crippen molar-refractivity contribution in [3.63, 3.8) is 0 Å². The van der Waals surface area contributed by atoms with Crippen LogP contribution in [0.25, 0.3) is 0 Å². The van der Waals surface area contributed by atoms with Crippen molar-refractivity contribution in [2.75, 3.05) is 32.8 Å². The fraction of sp³-hybridized carbons (Fsp3) is 0.588. The van der Waals surface area contributed by atoms with Crippen LogP contribution >= 0.6 is 12.4 Å². The fourth-order valence-electron chi connectivity index (χ4n) is 3.49. The first kappa shape index (κ1) is 17.1. The van der Waals surface area contributed by atoms with E-state index < -0.39 is 0 Å². The molecule has 0 spiro atoms. The third kappa shape index (κ3) is 3.93. The second-order valence-corrected chi connectivity index (χ2v) is 6.40. The lowest BCUT2D eigenvalue weighted by Crippen LogP contribution is -2.32. The van der Waals surface area contributed by atoms with Crippen molar-refractivity contribution in [2.45, 2.75) is 20.3 Å². The number of hydrogen-bond donors (Lipinski definition) is 1. The van der Waals surface area contributed by atoms with E-state index in [4.69, 9.17) is 4.74 Å². The number of rotatable bonds is 4. The molecule has 0 aromatic heterocycles. The van der Waals surface area contributed by atoms with Gasteiger partial charge in [-0.25, -0.2) is 0 Å². The van der Waals surface area contributed by atoms with Gasteiger partial charge in [-0.2, -0.15) is 0 Å². The average molecular weight is 325 g/mol. The van der Waals surface area contributed by atoms with Gasteiger partial charge < -0.3 is 15.0 Å². The molecular weight excluding hydrogens is 300 g/mol. The van der Waals surface area contributed by atoms with Crippen LogP contribution in [0.2, 0.25) is 0 Å². The van der Waals surface area contributed by atoms with E-state index in [-0.39, 0.29) is 18.3 Å². The Morgan fingerprint density at radius 1 is 1.18 bits per heavy atom. The minimum Gasteiger partial charge on any atom is -0.493 e. The van der Waals surface area contributed by atoms with E-state index in [9.17, 15) is 4.79 Å². The van der Waals surface area contributed by atoms with E-state index in [1.165, 1.54) is 11.1 Å². The van der Waals surface area contributed by atoms with Crippen LogP contribution in [0.15, 0.2) is 18.2 Å². The first-order valence-electron chi connectivity index (χ1n) is 7.81. The summed E-state index contributed by atoms with van der Waals surface area (Å²) < 4.78 is 5.73. The maximum atomic E-state index is 12.2. The molecule has 1 amide bonds. The van der Waals surface area contributed by atoms with Gasteiger partial charge in [-0.15, -0.1) is 12.4 Å². The zero-order valence-electron chi connectivity index (χ0n) is 13.3. The molecule has 2 atom stereocenters. The van der Waals surface area contributed by atoms with Gasteiger partial charge in [0, 0.05) is 26.2 Å². The summed E-state index contributed by atoms with van der Waals surface area (Å²) >= 11 is 0. The number of carbonyl (C=O) groups excluding carboxylic acids is 1. The Balaban J connectivity index is 0.00000176. The lowest BCUT2D eigenvalue weighted by Gasteiger charge is -2.17. The van der Waals surface area contributed by atoms with Crippen LogP contribution in [0.3, 0.4) is 0 Å². The smallest absolute Gasteiger partial charge is 0.226 e. The van der Waals surface area contributed by atoms with Gasteiger partial charge in [0.05, 0.1) is 13.0 Å². The van der Waals surface area contributed by atoms with Gasteiger partial charge in [0.2, 0.25) is 5.91 Å². The average Bonchev–Trinajstić information content (AvgIpc) is 2.97. The fourth-order valence-corrected chi connectivity index (χ4v) is 3.49. The molecule has 1 N–H and O–H groups in total. The Morgan fingerprint density at radius 2 is 1.77 bits per heavy atom. The van der Waals surface area contributed by atoms with E-state index in [1.54, 1.807) is 0 Å². The molecule has 5 heteroatoms. The minimum absolute atomic E-state index is 0. The summed E-state index contributed by atoms with van der Waals surface area (Å²) in [6.45, 7) is 8.54. The number of ether oxygens (including phenoxy) is 1. The Hall–Kier alpha value is -1.26. The molecule has 0 aliphatic carbocycles. The quantitative estimate of drug-likeness (QED) is 0.923. The number of nitrogens with zero attached hydrogens (tertiary/aromatic N) is 1. The van der Waals surface area contributed by atoms with Gasteiger partial charge in [-0.05, 0) is 48.9 Å². The maximum Gasteiger partial charge on any atom is 0.226 e. The van der Waals surface area contributed by atoms with Crippen LogP contribution in [0.1, 0.15) is 17.5 Å². The van der Waals surface area contributed by atoms with Crippen LogP contribution < -0.4 is 10.1 Å². The number of fused-ring (bicyclic) bond motifs is 1. The van der Waals surface area contributed by atoms with Crippen molar-refractivity contribution in [1.29, 1.82) is 0 Å². The van der Waals surface area contributed by atoms with Gasteiger partial charge in [0.25, 0.3) is 0 Å². The maximum absolute atomic E-state index is 12.2. The number of hydrogen-bond acceptors (Lipinski definition) is 3. The standard InChI is InChI=1S/C17H24N2O2.ClH/c1-12-5-13(2)7-16(6-12)21-4-3-17(20)19-10-14-8-18-9-15(14)11-19;/h5-7,14-15,18H,3-4,8-11H2,1-2H3;1H/t14-,15+;. The number of benzene rings is 1. The Bertz CT molecular complexity index is 503. The van der Waals surface area contributed by atoms with Crippen LogP contribution in [0.5, 0.6) is 5.75 Å². The summed E-state index contributed by atoms with van der Waals surface area (Å²) in [5, 5.41) is 3.40. The van der Waals surface area contributed by atoms with E-state index >= 15 is 0 Å². The van der Waals surface area contributed by atoms with Crippen molar-refractivity contribution in [3.05, 3.63) is 29.3 Å². The van der Waals surface area contributed by atoms with Gasteiger partial charge in [-0.1, -0.05) is 6.07 Å². The molecule has 3 rings (SSSR count). The molecule has 122 valence electrons. The summed E-state index contributed by atoms with van der Waals surface area (Å²) in [5.74, 6) is 2.42. The summed E-state index contributed by atoms with van der Waals surface area (Å²) in [6.07, 6.45) is 0.472. The third-order valence-electron chi connectivity index (χ3n) is 4.52. The lowest BCUT2D eigenvalue weighted by atomic mass is 10.0. The zero-order valence-corrected chi connectivity index (χ0v) is 14.1. The van der Waals surface area contributed by atoms with E-state index in [0.29, 0.717) is 24.9 Å². The first-order chi connectivity index (χ1) is 10.1. The van der Waals surface area contributed by atoms with Crippen molar-refractivity contribution in [3.8, 4) is 5.75 Å². The molecule has 1 aromatic rings. The third-order valence-corrected chi connectivity index (χ3v) is 4.52. The minimum atomic E-state index is 0. The van der Waals surface area contributed by atoms with Crippen molar-refractivity contribution in [1.82, 2.24) is 10.2 Å². The Kier molecular flexibility index (Phi) is 5.70. The number of nitrogens with one attached hydrogen (secondary N) is 1. The second-order valence-electron chi connectivity index (χ2n) is 6.40. The van der Waals surface area contributed by atoms with Crippen LogP contribution in [-0.4, -0.2) is 43.6 Å². The number of carbonyl (C=O) groups is 1. The Labute approximate surface area is 138 Å². The second kappa shape index (κ2) is 7.34. The van der Waals surface area contributed by atoms with Crippen LogP contribution in [-0.2, 0) is 4.79 Å². The van der Waals surface area contributed by atoms with Crippen LogP contribution in [0.4, 0.5) is 0 Å². The number of likely N-dealkylation sites (tertiary alicyclic amines) is 1. The molecule has 0 bridgehead atoms. The Morgan fingerprint density at radius 3 is 2.36 bits per heavy atom. The monoisotopic (exact) mass is 324 g/mol. The predicted molar refractivity (Wildman–Crippen MR) is 89.7 cm³/mol. The SMILES string of the molecule is Cc1cc(C)cc(OCCC(=O)N2C[C@H]3CNC[C@H]3C2)c1.Cl. The van der Waals surface area contributed by atoms with Crippen molar-refractivity contribution in [2.24, 2.45) is 11.8 Å². The summed E-state index contributed by atoms with van der Waals surface area (Å²) in [4.78, 5) is 14.2. The molecule has 2 aliphatic heterocycles. The largest absolute Gasteiger partial charge is 0.493 e. The van der Waals surface area contributed by atoms with Crippen molar-refractivity contribution < 1.29 is 9.53 Å². The van der Waals surface area contributed by atoms with Gasteiger partial charge in [0.15, 0.2) is 0 Å². The summed E-state index contributed by atoms with van der Waals surface area (Å²) in [6, 6.07) is 6.15. The molecule has 0 radical (unpaired) electrons. The van der Waals surface area contributed by atoms with Gasteiger partial charge in [-0.3, -0.25) is 4.79 Å². The molecule has 2 aliphatic rings. The summed E-state index contributed by atoms with van der Waals surface area (Å²) in [7, 11) is 0. The highest BCUT2D eigenvalue weighted by Gasteiger charge is 2.37. The summed E-state index contributed by atoms with van der Waals surface area (Å²) in [5.41, 5.74) is 2.38. The highest BCUT2D eigenvalue weighted by molar-refractivity contribution is 5.85. The van der Waals surface area contributed by atoms with Crippen LogP contribution in [0, 0.1) is 25.7 Å². The molecule has 2 fully saturated rings. The number of amides is 1. The molecule has 2 saturated heterocycles. The van der Waals surface area contributed by atoms with E-state index in [0.717, 1.165) is 31.9 Å². The van der Waals surface area contributed by atoms with E-state index in [1.807, 2.05) is 17.0 Å². The van der Waals surface area contributed by atoms with Gasteiger partial charge >= 0.3 is 0 Å². The van der Waals surface area contributed by atoms with E-state index in [2.05, 4.69) is 25.2 Å². The predicted octanol–water partition coefficient (Wildman–Crippen LogP) is 2.17. The first-order valence-corrected chi connectivity index (χ1v) is 7.81. The molecule has 2 heterocycles. The molecular formula is C17H25ClN2O2. The molecule has 0 saturated carbocycles. The van der Waals surface area contributed by atoms with Crippen molar-refractivity contribution >= 4 is 18.3 Å². The highest BCUT2D eigenvalue weighted by Crippen LogP contribution is 2.26. The molecule has 4 nitrogen and oxygen atoms in total. The lowest BCUT2D eigenvalue weighted by molar-refractivity contribution is -0.130. The number of halogens is 1. The number of aryl methyl sites for hydroxylation is 2. The molecule has 22 heavy (non-hydrogen) atoms.